The number of carbonyl (C=O) groups excluding carboxylic acids is 1. The molecule has 0 aromatic heterocycles. The van der Waals surface area contributed by atoms with Crippen LogP contribution >= 0.6 is 11.6 Å². The molecule has 0 unspecified atom stereocenters. The van der Waals surface area contributed by atoms with Crippen LogP contribution in [-0.2, 0) is 31.0 Å². The fraction of sp³-hybridized carbons (Fsp3) is 0.107. The van der Waals surface area contributed by atoms with Gasteiger partial charge >= 0.3 is 6.18 Å². The Labute approximate surface area is 251 Å². The van der Waals surface area contributed by atoms with Crippen LogP contribution in [0.5, 0.6) is 5.75 Å². The van der Waals surface area contributed by atoms with Crippen LogP contribution < -0.4 is 19.1 Å². The summed E-state index contributed by atoms with van der Waals surface area (Å²) in [4.78, 5) is 12.6. The van der Waals surface area contributed by atoms with E-state index < -0.39 is 54.9 Å². The lowest BCUT2D eigenvalue weighted by Gasteiger charge is -2.25. The zero-order valence-electron chi connectivity index (χ0n) is 22.2. The summed E-state index contributed by atoms with van der Waals surface area (Å²) in [6, 6.07) is 20.5. The first-order valence-electron chi connectivity index (χ1n) is 12.2. The number of rotatable bonds is 10. The second-order valence-corrected chi connectivity index (χ2v) is 12.8. The summed E-state index contributed by atoms with van der Waals surface area (Å²) in [6.45, 7) is -0.908. The minimum Gasteiger partial charge on any atom is -0.497 e. The monoisotopic (exact) mass is 653 g/mol. The van der Waals surface area contributed by atoms with E-state index in [-0.39, 0.29) is 21.2 Å². The zero-order chi connectivity index (χ0) is 31.4. The van der Waals surface area contributed by atoms with Crippen molar-refractivity contribution >= 4 is 54.6 Å². The van der Waals surface area contributed by atoms with Gasteiger partial charge in [0.05, 0.1) is 33.2 Å². The Kier molecular flexibility index (Phi) is 9.23. The second-order valence-electron chi connectivity index (χ2n) is 8.89. The van der Waals surface area contributed by atoms with Crippen molar-refractivity contribution in [3.8, 4) is 5.75 Å². The van der Waals surface area contributed by atoms with Crippen molar-refractivity contribution < 1.29 is 39.5 Å². The van der Waals surface area contributed by atoms with Gasteiger partial charge in [-0.15, -0.1) is 0 Å². The average Bonchev–Trinajstić information content (AvgIpc) is 2.96. The Morgan fingerprint density at radius 3 is 2.02 bits per heavy atom. The SMILES string of the molecule is COc1ccc(NS(=O)(=O)c2ccc(NC(=O)CN(c3ccc(Cl)c(C(F)(F)F)c3)S(=O)(=O)c3ccccc3)cc2)cc1. The normalized spacial score (nSPS) is 11.9. The number of methoxy groups -OCH3 is 1. The Hall–Kier alpha value is -4.27. The fourth-order valence-electron chi connectivity index (χ4n) is 3.84. The molecule has 0 fully saturated rings. The summed E-state index contributed by atoms with van der Waals surface area (Å²) in [5.74, 6) is -0.370. The number of hydrogen-bond donors (Lipinski definition) is 2. The highest BCUT2D eigenvalue weighted by Gasteiger charge is 2.35. The molecule has 0 spiro atoms. The molecule has 4 rings (SSSR count). The average molecular weight is 654 g/mol. The largest absolute Gasteiger partial charge is 0.497 e. The van der Waals surface area contributed by atoms with Crippen LogP contribution in [0.15, 0.2) is 107 Å². The van der Waals surface area contributed by atoms with Crippen molar-refractivity contribution in [1.82, 2.24) is 0 Å². The lowest BCUT2D eigenvalue weighted by molar-refractivity contribution is -0.137. The summed E-state index contributed by atoms with van der Waals surface area (Å²) < 4.78 is 101. The van der Waals surface area contributed by atoms with E-state index in [1.54, 1.807) is 18.2 Å². The van der Waals surface area contributed by atoms with Crippen LogP contribution in [0, 0.1) is 0 Å². The first kappa shape index (κ1) is 31.7. The van der Waals surface area contributed by atoms with Crippen LogP contribution in [0.25, 0.3) is 0 Å². The molecule has 9 nitrogen and oxygen atoms in total. The number of anilines is 3. The molecule has 43 heavy (non-hydrogen) atoms. The number of halogens is 4. The molecule has 0 bridgehead atoms. The molecule has 15 heteroatoms. The highest BCUT2D eigenvalue weighted by atomic mass is 35.5. The molecule has 0 aliphatic heterocycles. The van der Waals surface area contributed by atoms with Gasteiger partial charge < -0.3 is 10.1 Å². The van der Waals surface area contributed by atoms with Crippen LogP contribution in [0.2, 0.25) is 5.02 Å². The van der Waals surface area contributed by atoms with E-state index in [2.05, 4.69) is 10.0 Å². The zero-order valence-corrected chi connectivity index (χ0v) is 24.6. The lowest BCUT2D eigenvalue weighted by atomic mass is 10.2. The summed E-state index contributed by atoms with van der Waals surface area (Å²) in [5.41, 5.74) is -1.33. The number of benzene rings is 4. The standard InChI is InChI=1S/C28H23ClF3N3O6S2/c1-41-22-12-7-20(8-13-22)34-42(37,38)23-14-9-19(10-15-23)33-27(36)18-35(43(39,40)24-5-3-2-4-6-24)21-11-16-26(29)25(17-21)28(30,31)32/h2-17,34H,18H2,1H3,(H,33,36). The summed E-state index contributed by atoms with van der Waals surface area (Å²) >= 11 is 5.71. The van der Waals surface area contributed by atoms with Crippen molar-refractivity contribution in [3.63, 3.8) is 0 Å². The molecular weight excluding hydrogens is 631 g/mol. The number of hydrogen-bond acceptors (Lipinski definition) is 6. The highest BCUT2D eigenvalue weighted by molar-refractivity contribution is 7.93. The van der Waals surface area contributed by atoms with Crippen LogP contribution in [-0.4, -0.2) is 36.4 Å². The van der Waals surface area contributed by atoms with Gasteiger partial charge in [0.15, 0.2) is 0 Å². The van der Waals surface area contributed by atoms with Crippen LogP contribution in [0.1, 0.15) is 5.56 Å². The number of nitrogens with zero attached hydrogens (tertiary/aromatic N) is 1. The quantitative estimate of drug-likeness (QED) is 0.217. The van der Waals surface area contributed by atoms with E-state index in [1.807, 2.05) is 0 Å². The molecule has 1 amide bonds. The van der Waals surface area contributed by atoms with Crippen molar-refractivity contribution in [3.05, 3.63) is 108 Å². The minimum atomic E-state index is -4.89. The van der Waals surface area contributed by atoms with E-state index in [0.717, 1.165) is 12.1 Å². The highest BCUT2D eigenvalue weighted by Crippen LogP contribution is 2.38. The molecule has 4 aromatic rings. The number of ether oxygens (including phenoxy) is 1. The van der Waals surface area contributed by atoms with Gasteiger partial charge in [-0.3, -0.25) is 13.8 Å². The van der Waals surface area contributed by atoms with Gasteiger partial charge in [0.2, 0.25) is 5.91 Å². The first-order valence-corrected chi connectivity index (χ1v) is 15.5. The summed E-state index contributed by atoms with van der Waals surface area (Å²) in [6.07, 6.45) is -4.89. The predicted molar refractivity (Wildman–Crippen MR) is 156 cm³/mol. The maximum absolute atomic E-state index is 13.5. The maximum Gasteiger partial charge on any atom is 0.417 e. The van der Waals surface area contributed by atoms with Gasteiger partial charge in [-0.05, 0) is 78.9 Å². The molecule has 2 N–H and O–H groups in total. The van der Waals surface area contributed by atoms with Crippen molar-refractivity contribution in [2.75, 3.05) is 28.0 Å². The van der Waals surface area contributed by atoms with Gasteiger partial charge in [0, 0.05) is 11.4 Å². The van der Waals surface area contributed by atoms with E-state index in [0.29, 0.717) is 16.1 Å². The second kappa shape index (κ2) is 12.5. The Morgan fingerprint density at radius 1 is 0.837 bits per heavy atom. The number of carbonyl (C=O) groups is 1. The van der Waals surface area contributed by atoms with Crippen molar-refractivity contribution in [1.29, 1.82) is 0 Å². The molecule has 0 aliphatic rings. The van der Waals surface area contributed by atoms with E-state index in [4.69, 9.17) is 16.3 Å². The Balaban J connectivity index is 1.57. The molecule has 0 saturated carbocycles. The van der Waals surface area contributed by atoms with E-state index in [9.17, 15) is 34.8 Å². The number of nitrogens with one attached hydrogen (secondary N) is 2. The maximum atomic E-state index is 13.5. The van der Waals surface area contributed by atoms with Crippen molar-refractivity contribution in [2.24, 2.45) is 0 Å². The van der Waals surface area contributed by atoms with Crippen LogP contribution in [0.4, 0.5) is 30.2 Å². The summed E-state index contributed by atoms with van der Waals surface area (Å²) in [7, 11) is -7.03. The third-order valence-electron chi connectivity index (χ3n) is 5.95. The lowest BCUT2D eigenvalue weighted by Crippen LogP contribution is -2.38. The van der Waals surface area contributed by atoms with Crippen molar-refractivity contribution in [2.45, 2.75) is 16.0 Å². The first-order chi connectivity index (χ1) is 20.2. The van der Waals surface area contributed by atoms with Crippen LogP contribution in [0.3, 0.4) is 0 Å². The molecule has 0 saturated heterocycles. The molecule has 0 radical (unpaired) electrons. The number of alkyl halides is 3. The molecule has 4 aromatic carbocycles. The van der Waals surface area contributed by atoms with Gasteiger partial charge in [-0.1, -0.05) is 29.8 Å². The number of sulfonamides is 2. The summed E-state index contributed by atoms with van der Waals surface area (Å²) in [5, 5.41) is 1.80. The predicted octanol–water partition coefficient (Wildman–Crippen LogP) is 6.00. The Morgan fingerprint density at radius 2 is 1.44 bits per heavy atom. The molecule has 226 valence electrons. The molecule has 0 aliphatic carbocycles. The van der Waals surface area contributed by atoms with Gasteiger partial charge in [0.25, 0.3) is 20.0 Å². The van der Waals surface area contributed by atoms with E-state index >= 15 is 0 Å². The van der Waals surface area contributed by atoms with Gasteiger partial charge in [-0.25, -0.2) is 16.8 Å². The minimum absolute atomic E-state index is 0.109. The molecule has 0 atom stereocenters. The molecule has 0 heterocycles. The third kappa shape index (κ3) is 7.58. The third-order valence-corrected chi connectivity index (χ3v) is 9.47. The fourth-order valence-corrected chi connectivity index (χ4v) is 6.56. The van der Waals surface area contributed by atoms with E-state index in [1.165, 1.54) is 67.8 Å². The topological polar surface area (TPSA) is 122 Å². The molecular formula is C28H23ClF3N3O6S2. The van der Waals surface area contributed by atoms with Gasteiger partial charge in [-0.2, -0.15) is 13.2 Å². The van der Waals surface area contributed by atoms with Gasteiger partial charge in [0.1, 0.15) is 12.3 Å². The number of amides is 1. The smallest absolute Gasteiger partial charge is 0.417 e. The Bertz CT molecular complexity index is 1820.